The molecule has 11 nitrogen and oxygen atoms in total. The van der Waals surface area contributed by atoms with Crippen LogP contribution in [-0.4, -0.2) is 63.8 Å². The highest BCUT2D eigenvalue weighted by molar-refractivity contribution is 7.32. The predicted molar refractivity (Wildman–Crippen MR) is 94.0 cm³/mol. The number of aromatic nitrogens is 2. The lowest BCUT2D eigenvalue weighted by molar-refractivity contribution is -0.127. The van der Waals surface area contributed by atoms with E-state index in [2.05, 4.69) is 4.98 Å². The molecule has 2 unspecified atom stereocenters. The number of hydrogen-bond acceptors (Lipinski definition) is 8. The van der Waals surface area contributed by atoms with Gasteiger partial charge < -0.3 is 28.7 Å². The lowest BCUT2D eigenvalue weighted by Gasteiger charge is -2.29. The largest absolute Gasteiger partial charge is 0.394 e. The van der Waals surface area contributed by atoms with E-state index in [-0.39, 0.29) is 11.7 Å². The van der Waals surface area contributed by atoms with Crippen molar-refractivity contribution in [1.29, 1.82) is 0 Å². The third-order valence-electron chi connectivity index (χ3n) is 4.53. The lowest BCUT2D eigenvalue weighted by Crippen LogP contribution is -2.43. The smallest absolute Gasteiger partial charge is 0.330 e. The summed E-state index contributed by atoms with van der Waals surface area (Å²) in [6, 6.07) is 0. The summed E-state index contributed by atoms with van der Waals surface area (Å²) in [5.74, 6) is 0. The number of ether oxygens (including phenoxy) is 3. The quantitative estimate of drug-likeness (QED) is 0.475. The SMILES string of the molecule is CO[C@H](C)[C@H](C)O[C@H]1C(O[PH](=O)O)[C@@H](CO)O[C@H]1n1cc(C)c(=O)[nH]c1=O. The number of rotatable bonds is 8. The predicted octanol–water partition coefficient (Wildman–Crippen LogP) is -0.689. The number of aryl methyl sites for hydroxylation is 1. The first-order chi connectivity index (χ1) is 12.7. The molecule has 1 aromatic rings. The summed E-state index contributed by atoms with van der Waals surface area (Å²) < 4.78 is 34.3. The van der Waals surface area contributed by atoms with Crippen molar-refractivity contribution in [2.24, 2.45) is 0 Å². The van der Waals surface area contributed by atoms with Crippen LogP contribution in [0.5, 0.6) is 0 Å². The normalized spacial score (nSPS) is 28.8. The zero-order valence-corrected chi connectivity index (χ0v) is 16.4. The highest BCUT2D eigenvalue weighted by atomic mass is 31.1. The van der Waals surface area contributed by atoms with Gasteiger partial charge in [-0.1, -0.05) is 0 Å². The Morgan fingerprint density at radius 3 is 2.56 bits per heavy atom. The second-order valence-electron chi connectivity index (χ2n) is 6.32. The van der Waals surface area contributed by atoms with Crippen LogP contribution in [0.2, 0.25) is 0 Å². The summed E-state index contributed by atoms with van der Waals surface area (Å²) in [6.07, 6.45) is -3.75. The Balaban J connectivity index is 2.46. The average Bonchev–Trinajstić information content (AvgIpc) is 2.94. The minimum atomic E-state index is -3.38. The van der Waals surface area contributed by atoms with Crippen LogP contribution in [-0.2, 0) is 23.3 Å². The first-order valence-electron chi connectivity index (χ1n) is 8.35. The molecule has 2 rings (SSSR count). The highest BCUT2D eigenvalue weighted by Gasteiger charge is 2.49. The van der Waals surface area contributed by atoms with Gasteiger partial charge in [0.05, 0.1) is 18.8 Å². The summed E-state index contributed by atoms with van der Waals surface area (Å²) in [4.78, 5) is 35.3. The fourth-order valence-corrected chi connectivity index (χ4v) is 3.33. The van der Waals surface area contributed by atoms with E-state index < -0.39 is 56.8 Å². The molecule has 1 fully saturated rings. The van der Waals surface area contributed by atoms with E-state index >= 15 is 0 Å². The van der Waals surface area contributed by atoms with Crippen LogP contribution in [0.4, 0.5) is 0 Å². The Morgan fingerprint density at radius 1 is 1.33 bits per heavy atom. The fraction of sp³-hybridized carbons (Fsp3) is 0.733. The van der Waals surface area contributed by atoms with Crippen LogP contribution in [0.25, 0.3) is 0 Å². The molecule has 0 saturated carbocycles. The van der Waals surface area contributed by atoms with Crippen molar-refractivity contribution in [3.05, 3.63) is 32.6 Å². The van der Waals surface area contributed by atoms with Gasteiger partial charge in [-0.25, -0.2) is 4.79 Å². The minimum Gasteiger partial charge on any atom is -0.394 e. The van der Waals surface area contributed by atoms with Crippen molar-refractivity contribution in [3.8, 4) is 0 Å². The van der Waals surface area contributed by atoms with Gasteiger partial charge in [0.25, 0.3) is 5.56 Å². The summed E-state index contributed by atoms with van der Waals surface area (Å²) in [5, 5.41) is 9.59. The first kappa shape index (κ1) is 22.0. The maximum atomic E-state index is 12.3. The number of H-pyrrole nitrogens is 1. The number of nitrogens with one attached hydrogen (secondary N) is 1. The maximum Gasteiger partial charge on any atom is 0.330 e. The average molecular weight is 408 g/mol. The number of nitrogens with zero attached hydrogens (tertiary/aromatic N) is 1. The van der Waals surface area contributed by atoms with Crippen LogP contribution in [0.3, 0.4) is 0 Å². The Labute approximate surface area is 155 Å². The summed E-state index contributed by atoms with van der Waals surface area (Å²) >= 11 is 0. The molecule has 0 aliphatic carbocycles. The molecule has 1 aliphatic heterocycles. The molecule has 0 bridgehead atoms. The van der Waals surface area contributed by atoms with Crippen LogP contribution in [0, 0.1) is 6.92 Å². The van der Waals surface area contributed by atoms with Crippen molar-refractivity contribution in [2.75, 3.05) is 13.7 Å². The summed E-state index contributed by atoms with van der Waals surface area (Å²) in [7, 11) is -1.88. The molecular weight excluding hydrogens is 383 g/mol. The molecule has 3 N–H and O–H groups in total. The number of aliphatic hydroxyl groups is 1. The Bertz CT molecular complexity index is 779. The van der Waals surface area contributed by atoms with Gasteiger partial charge in [-0.2, -0.15) is 0 Å². The van der Waals surface area contributed by atoms with Crippen molar-refractivity contribution < 1.29 is 33.3 Å². The molecule has 1 aromatic heterocycles. The third kappa shape index (κ3) is 4.94. The third-order valence-corrected chi connectivity index (χ3v) is 5.00. The van der Waals surface area contributed by atoms with Crippen LogP contribution in [0.1, 0.15) is 25.6 Å². The van der Waals surface area contributed by atoms with E-state index in [1.54, 1.807) is 13.8 Å². The Kier molecular flexibility index (Phi) is 7.52. The first-order valence-corrected chi connectivity index (χ1v) is 9.62. The molecule has 1 saturated heterocycles. The molecule has 0 spiro atoms. The molecule has 27 heavy (non-hydrogen) atoms. The molecule has 0 radical (unpaired) electrons. The highest BCUT2D eigenvalue weighted by Crippen LogP contribution is 2.37. The van der Waals surface area contributed by atoms with Gasteiger partial charge in [0, 0.05) is 18.9 Å². The van der Waals surface area contributed by atoms with Gasteiger partial charge in [-0.05, 0) is 20.8 Å². The standard InChI is InChI=1S/C15H25N2O9P/c1-7-5-17(15(20)16-13(7)19)14-12(24-9(3)8(2)23-4)11(26-27(21)22)10(6-18)25-14/h5,8-12,14,18,27H,6H2,1-4H3,(H,21,22)(H,16,19,20)/t8-,9+,10-,11?,12+,14-/m1/s1. The zero-order valence-electron chi connectivity index (χ0n) is 15.4. The van der Waals surface area contributed by atoms with Gasteiger partial charge in [0.1, 0.15) is 18.3 Å². The van der Waals surface area contributed by atoms with Gasteiger partial charge in [-0.15, -0.1) is 0 Å². The molecular formula is C15H25N2O9P. The fourth-order valence-electron chi connectivity index (χ4n) is 2.81. The molecule has 0 amide bonds. The number of hydrogen-bond donors (Lipinski definition) is 3. The van der Waals surface area contributed by atoms with E-state index in [1.165, 1.54) is 20.2 Å². The molecule has 0 aromatic carbocycles. The summed E-state index contributed by atoms with van der Waals surface area (Å²) in [6.45, 7) is 4.47. The number of aromatic amines is 1. The Morgan fingerprint density at radius 2 is 2.00 bits per heavy atom. The zero-order chi connectivity index (χ0) is 20.3. The van der Waals surface area contributed by atoms with Gasteiger partial charge in [-0.3, -0.25) is 18.9 Å². The van der Waals surface area contributed by atoms with E-state index in [1.807, 2.05) is 0 Å². The van der Waals surface area contributed by atoms with E-state index in [0.717, 1.165) is 4.57 Å². The van der Waals surface area contributed by atoms with Gasteiger partial charge in [0.2, 0.25) is 0 Å². The van der Waals surface area contributed by atoms with Crippen LogP contribution < -0.4 is 11.2 Å². The van der Waals surface area contributed by atoms with E-state index in [9.17, 15) is 24.2 Å². The summed E-state index contributed by atoms with van der Waals surface area (Å²) in [5.41, 5.74) is -1.03. The van der Waals surface area contributed by atoms with Crippen LogP contribution in [0.15, 0.2) is 15.8 Å². The van der Waals surface area contributed by atoms with Crippen LogP contribution >= 0.6 is 8.25 Å². The molecule has 2 heterocycles. The van der Waals surface area contributed by atoms with Crippen molar-refractivity contribution in [3.63, 3.8) is 0 Å². The topological polar surface area (TPSA) is 149 Å². The number of methoxy groups -OCH3 is 1. The maximum absolute atomic E-state index is 12.3. The second-order valence-corrected chi connectivity index (χ2v) is 7.09. The molecule has 154 valence electrons. The van der Waals surface area contributed by atoms with E-state index in [0.29, 0.717) is 0 Å². The van der Waals surface area contributed by atoms with Crippen molar-refractivity contribution in [1.82, 2.24) is 9.55 Å². The van der Waals surface area contributed by atoms with Crippen molar-refractivity contribution >= 4 is 8.25 Å². The van der Waals surface area contributed by atoms with E-state index in [4.69, 9.17) is 18.7 Å². The Hall–Kier alpha value is -1.33. The van der Waals surface area contributed by atoms with Gasteiger partial charge >= 0.3 is 13.9 Å². The van der Waals surface area contributed by atoms with Gasteiger partial charge in [0.15, 0.2) is 6.23 Å². The monoisotopic (exact) mass is 408 g/mol. The van der Waals surface area contributed by atoms with Crippen molar-refractivity contribution in [2.45, 2.75) is 57.5 Å². The molecule has 7 atom stereocenters. The second kappa shape index (κ2) is 9.24. The molecule has 12 heteroatoms. The molecule has 1 aliphatic rings. The minimum absolute atomic E-state index is 0.260. The number of aliphatic hydroxyl groups excluding tert-OH is 1. The lowest BCUT2D eigenvalue weighted by atomic mass is 10.1.